The summed E-state index contributed by atoms with van der Waals surface area (Å²) in [5.74, 6) is 0. The minimum absolute atomic E-state index is 0.539. The second-order valence-electron chi connectivity index (χ2n) is 10.3. The molecule has 6 aromatic carbocycles. The van der Waals surface area contributed by atoms with Crippen molar-refractivity contribution < 1.29 is 10.0 Å². The van der Waals surface area contributed by atoms with E-state index in [-0.39, 0.29) is 0 Å². The van der Waals surface area contributed by atoms with E-state index in [1.165, 1.54) is 50.1 Å². The van der Waals surface area contributed by atoms with Crippen LogP contribution in [0.2, 0.25) is 0 Å². The zero-order chi connectivity index (χ0) is 25.4. The van der Waals surface area contributed by atoms with Crippen LogP contribution in [0.5, 0.6) is 0 Å². The van der Waals surface area contributed by atoms with Crippen molar-refractivity contribution in [3.63, 3.8) is 0 Å². The van der Waals surface area contributed by atoms with Crippen molar-refractivity contribution in [2.24, 2.45) is 0 Å². The van der Waals surface area contributed by atoms with Gasteiger partial charge in [0.1, 0.15) is 0 Å². The van der Waals surface area contributed by atoms with E-state index in [0.29, 0.717) is 5.46 Å². The molecular weight excluding hydrogens is 463 g/mol. The molecule has 0 aromatic heterocycles. The molecule has 0 heterocycles. The Hall–Kier alpha value is -4.44. The third-order valence-corrected chi connectivity index (χ3v) is 8.51. The van der Waals surface area contributed by atoms with Crippen molar-refractivity contribution in [3.05, 3.63) is 150 Å². The third kappa shape index (κ3) is 2.65. The molecule has 8 rings (SSSR count). The summed E-state index contributed by atoms with van der Waals surface area (Å²) >= 11 is 0. The first-order valence-corrected chi connectivity index (χ1v) is 13.0. The van der Waals surface area contributed by atoms with E-state index < -0.39 is 12.5 Å². The summed E-state index contributed by atoms with van der Waals surface area (Å²) in [5, 5.41) is 23.0. The Morgan fingerprint density at radius 1 is 0.447 bits per heavy atom. The number of hydrogen-bond donors (Lipinski definition) is 2. The van der Waals surface area contributed by atoms with Gasteiger partial charge in [0.15, 0.2) is 0 Å². The lowest BCUT2D eigenvalue weighted by atomic mass is 9.67. The van der Waals surface area contributed by atoms with Gasteiger partial charge in [-0.2, -0.15) is 0 Å². The number of fused-ring (bicyclic) bond motifs is 12. The fourth-order valence-corrected chi connectivity index (χ4v) is 7.05. The molecule has 0 atom stereocenters. The predicted molar refractivity (Wildman–Crippen MR) is 156 cm³/mol. The lowest BCUT2D eigenvalue weighted by molar-refractivity contribution is 0.426. The summed E-state index contributed by atoms with van der Waals surface area (Å²) in [4.78, 5) is 0. The molecule has 1 spiro atoms. The van der Waals surface area contributed by atoms with Crippen molar-refractivity contribution in [3.8, 4) is 33.4 Å². The normalized spacial score (nSPS) is 13.7. The summed E-state index contributed by atoms with van der Waals surface area (Å²) in [6.07, 6.45) is 0. The van der Waals surface area contributed by atoms with E-state index in [9.17, 15) is 10.0 Å². The molecular formula is C35H23BO2. The van der Waals surface area contributed by atoms with Gasteiger partial charge >= 0.3 is 7.12 Å². The third-order valence-electron chi connectivity index (χ3n) is 8.51. The van der Waals surface area contributed by atoms with Crippen molar-refractivity contribution in [2.45, 2.75) is 5.41 Å². The Balaban J connectivity index is 1.59. The number of benzene rings is 6. The lowest BCUT2D eigenvalue weighted by Gasteiger charge is -2.31. The van der Waals surface area contributed by atoms with E-state index in [2.05, 4.69) is 97.1 Å². The molecule has 6 aromatic rings. The van der Waals surface area contributed by atoms with Crippen LogP contribution in [0, 0.1) is 0 Å². The maximum absolute atomic E-state index is 10.5. The highest BCUT2D eigenvalue weighted by Gasteiger charge is 2.52. The Labute approximate surface area is 221 Å². The van der Waals surface area contributed by atoms with Crippen molar-refractivity contribution in [2.75, 3.05) is 0 Å². The SMILES string of the molecule is OB(O)c1cc2c(c3ccccc13)-c1ccc(-c3ccccc3)cc1C21c2ccccc2-c2ccccc21. The first-order valence-electron chi connectivity index (χ1n) is 13.0. The second-order valence-corrected chi connectivity index (χ2v) is 10.3. The summed E-state index contributed by atoms with van der Waals surface area (Å²) in [6, 6.07) is 44.9. The molecule has 38 heavy (non-hydrogen) atoms. The molecule has 2 aliphatic carbocycles. The highest BCUT2D eigenvalue weighted by molar-refractivity contribution is 6.62. The molecule has 0 bridgehead atoms. The van der Waals surface area contributed by atoms with E-state index in [4.69, 9.17) is 0 Å². The molecule has 2 N–H and O–H groups in total. The van der Waals surface area contributed by atoms with Gasteiger partial charge in [-0.05, 0) is 77.9 Å². The first kappa shape index (κ1) is 21.6. The van der Waals surface area contributed by atoms with E-state index >= 15 is 0 Å². The van der Waals surface area contributed by atoms with Gasteiger partial charge in [0.05, 0.1) is 5.41 Å². The Bertz CT molecular complexity index is 1860. The van der Waals surface area contributed by atoms with Crippen LogP contribution in [0.25, 0.3) is 44.2 Å². The predicted octanol–water partition coefficient (Wildman–Crippen LogP) is 6.53. The summed E-state index contributed by atoms with van der Waals surface area (Å²) in [5.41, 5.74) is 12.0. The van der Waals surface area contributed by atoms with Crippen molar-refractivity contribution in [1.82, 2.24) is 0 Å². The minimum atomic E-state index is -1.57. The zero-order valence-corrected chi connectivity index (χ0v) is 20.6. The topological polar surface area (TPSA) is 40.5 Å². The molecule has 0 radical (unpaired) electrons. The Morgan fingerprint density at radius 2 is 1.05 bits per heavy atom. The van der Waals surface area contributed by atoms with Crippen LogP contribution in [0.15, 0.2) is 127 Å². The van der Waals surface area contributed by atoms with Crippen molar-refractivity contribution >= 4 is 23.4 Å². The molecule has 0 amide bonds. The van der Waals surface area contributed by atoms with Gasteiger partial charge in [-0.15, -0.1) is 0 Å². The molecule has 3 heteroatoms. The minimum Gasteiger partial charge on any atom is -0.423 e. The average Bonchev–Trinajstić information content (AvgIpc) is 3.44. The van der Waals surface area contributed by atoms with Gasteiger partial charge in [0.25, 0.3) is 0 Å². The molecule has 0 fully saturated rings. The van der Waals surface area contributed by atoms with Crippen molar-refractivity contribution in [1.29, 1.82) is 0 Å². The van der Waals surface area contributed by atoms with Crippen LogP contribution in [-0.4, -0.2) is 17.2 Å². The van der Waals surface area contributed by atoms with Crippen LogP contribution in [0.1, 0.15) is 22.3 Å². The smallest absolute Gasteiger partial charge is 0.423 e. The number of hydrogen-bond acceptors (Lipinski definition) is 2. The first-order chi connectivity index (χ1) is 18.7. The van der Waals surface area contributed by atoms with E-state index in [0.717, 1.165) is 16.3 Å². The molecule has 0 unspecified atom stereocenters. The molecule has 2 aliphatic rings. The molecule has 178 valence electrons. The summed E-state index contributed by atoms with van der Waals surface area (Å²) in [6.45, 7) is 0. The molecule has 0 aliphatic heterocycles. The quantitative estimate of drug-likeness (QED) is 0.273. The van der Waals surface area contributed by atoms with E-state index in [1.54, 1.807) is 0 Å². The zero-order valence-electron chi connectivity index (χ0n) is 20.6. The van der Waals surface area contributed by atoms with Crippen LogP contribution in [0.4, 0.5) is 0 Å². The highest BCUT2D eigenvalue weighted by Crippen LogP contribution is 2.63. The van der Waals surface area contributed by atoms with Gasteiger partial charge in [0, 0.05) is 0 Å². The number of rotatable bonds is 2. The van der Waals surface area contributed by atoms with E-state index in [1.807, 2.05) is 30.3 Å². The van der Waals surface area contributed by atoms with Gasteiger partial charge in [0.2, 0.25) is 0 Å². The average molecular weight is 486 g/mol. The summed E-state index contributed by atoms with van der Waals surface area (Å²) in [7, 11) is -1.57. The van der Waals surface area contributed by atoms with Gasteiger partial charge in [-0.1, -0.05) is 121 Å². The molecule has 0 saturated heterocycles. The Kier molecular flexibility index (Phi) is 4.43. The highest BCUT2D eigenvalue weighted by atomic mass is 16.4. The maximum Gasteiger partial charge on any atom is 0.489 e. The largest absolute Gasteiger partial charge is 0.489 e. The maximum atomic E-state index is 10.5. The Morgan fingerprint density at radius 3 is 1.74 bits per heavy atom. The molecule has 0 saturated carbocycles. The standard InChI is InChI=1S/C35H23BO2/c37-36(38)33-21-32-34(27-15-5-4-14-26(27)33)28-19-18-23(22-10-2-1-3-11-22)20-31(28)35(32)29-16-8-6-12-24(29)25-13-7-9-17-30(25)35/h1-21,37-38H. The van der Waals surface area contributed by atoms with Crippen LogP contribution in [0.3, 0.4) is 0 Å². The summed E-state index contributed by atoms with van der Waals surface area (Å²) < 4.78 is 0. The molecule has 2 nitrogen and oxygen atoms in total. The van der Waals surface area contributed by atoms with Gasteiger partial charge in [-0.25, -0.2) is 0 Å². The van der Waals surface area contributed by atoms with Gasteiger partial charge in [-0.3, -0.25) is 0 Å². The second kappa shape index (κ2) is 7.78. The van der Waals surface area contributed by atoms with Crippen LogP contribution >= 0.6 is 0 Å². The fraction of sp³-hybridized carbons (Fsp3) is 0.0286. The fourth-order valence-electron chi connectivity index (χ4n) is 7.05. The lowest BCUT2D eigenvalue weighted by Crippen LogP contribution is -2.33. The van der Waals surface area contributed by atoms with Crippen LogP contribution in [-0.2, 0) is 5.41 Å². The van der Waals surface area contributed by atoms with Gasteiger partial charge < -0.3 is 10.0 Å². The monoisotopic (exact) mass is 486 g/mol. The van der Waals surface area contributed by atoms with Crippen LogP contribution < -0.4 is 5.46 Å².